The molecule has 9 heteroatoms. The maximum atomic E-state index is 12.5. The summed E-state index contributed by atoms with van der Waals surface area (Å²) in [5.41, 5.74) is -0.877. The zero-order valence-electron chi connectivity index (χ0n) is 11.9. The van der Waals surface area contributed by atoms with Crippen molar-refractivity contribution in [1.82, 2.24) is 15.6 Å². The van der Waals surface area contributed by atoms with Crippen molar-refractivity contribution in [2.24, 2.45) is 10.9 Å². The summed E-state index contributed by atoms with van der Waals surface area (Å²) in [5.74, 6) is 0.408. The smallest absolute Gasteiger partial charge is 0.352 e. The van der Waals surface area contributed by atoms with Gasteiger partial charge in [-0.3, -0.25) is 4.99 Å². The largest absolute Gasteiger partial charge is 0.434 e. The van der Waals surface area contributed by atoms with E-state index in [1.54, 1.807) is 7.05 Å². The molecule has 1 aliphatic carbocycles. The highest BCUT2D eigenvalue weighted by Crippen LogP contribution is 2.30. The van der Waals surface area contributed by atoms with Crippen LogP contribution in [0.4, 0.5) is 13.2 Å². The third-order valence-electron chi connectivity index (χ3n) is 3.48. The third-order valence-corrected chi connectivity index (χ3v) is 4.33. The Morgan fingerprint density at radius 1 is 1.55 bits per heavy atom. The van der Waals surface area contributed by atoms with E-state index in [0.717, 1.165) is 36.0 Å². The Kier molecular flexibility index (Phi) is 5.24. The fourth-order valence-corrected chi connectivity index (χ4v) is 3.08. The topological polar surface area (TPSA) is 73.1 Å². The van der Waals surface area contributed by atoms with Gasteiger partial charge in [-0.25, -0.2) is 4.98 Å². The molecule has 1 aliphatic rings. The molecule has 0 aromatic carbocycles. The van der Waals surface area contributed by atoms with Gasteiger partial charge in [0.05, 0.1) is 18.5 Å². The van der Waals surface area contributed by atoms with Crippen LogP contribution in [0.5, 0.6) is 0 Å². The van der Waals surface area contributed by atoms with E-state index in [0.29, 0.717) is 11.0 Å². The van der Waals surface area contributed by atoms with Crippen LogP contribution in [0.15, 0.2) is 10.4 Å². The molecular formula is C13H16F3N5S. The van der Waals surface area contributed by atoms with E-state index in [9.17, 15) is 13.2 Å². The molecule has 2 unspecified atom stereocenters. The summed E-state index contributed by atoms with van der Waals surface area (Å²) in [5, 5.41) is 16.4. The van der Waals surface area contributed by atoms with Gasteiger partial charge in [-0.05, 0) is 19.3 Å². The summed E-state index contributed by atoms with van der Waals surface area (Å²) in [6.07, 6.45) is -1.70. The molecule has 0 amide bonds. The molecule has 0 aliphatic heterocycles. The molecule has 1 fully saturated rings. The number of guanidine groups is 1. The van der Waals surface area contributed by atoms with Crippen LogP contribution in [0.2, 0.25) is 0 Å². The number of rotatable bonds is 3. The minimum Gasteiger partial charge on any atom is -0.352 e. The van der Waals surface area contributed by atoms with Crippen molar-refractivity contribution in [1.29, 1.82) is 5.26 Å². The van der Waals surface area contributed by atoms with Crippen molar-refractivity contribution in [3.8, 4) is 6.07 Å². The number of thiazole rings is 1. The lowest BCUT2D eigenvalue weighted by molar-refractivity contribution is -0.140. The first-order valence-electron chi connectivity index (χ1n) is 6.82. The lowest BCUT2D eigenvalue weighted by atomic mass is 10.1. The van der Waals surface area contributed by atoms with Gasteiger partial charge >= 0.3 is 6.18 Å². The van der Waals surface area contributed by atoms with E-state index in [-0.39, 0.29) is 18.5 Å². The molecule has 1 aromatic rings. The number of alkyl halides is 3. The highest BCUT2D eigenvalue weighted by molar-refractivity contribution is 7.09. The molecule has 5 nitrogen and oxygen atoms in total. The molecule has 0 saturated heterocycles. The summed E-state index contributed by atoms with van der Waals surface area (Å²) >= 11 is 0.948. The minimum absolute atomic E-state index is 0.0261. The lowest BCUT2D eigenvalue weighted by Gasteiger charge is -2.18. The summed E-state index contributed by atoms with van der Waals surface area (Å²) < 4.78 is 37.4. The van der Waals surface area contributed by atoms with Gasteiger partial charge in [-0.15, -0.1) is 11.3 Å². The van der Waals surface area contributed by atoms with Gasteiger partial charge < -0.3 is 10.6 Å². The molecule has 0 radical (unpaired) electrons. The minimum atomic E-state index is -4.42. The summed E-state index contributed by atoms with van der Waals surface area (Å²) in [6.45, 7) is 0.157. The molecule has 0 spiro atoms. The number of hydrogen-bond donors (Lipinski definition) is 2. The first kappa shape index (κ1) is 16.5. The van der Waals surface area contributed by atoms with Crippen molar-refractivity contribution >= 4 is 17.3 Å². The lowest BCUT2D eigenvalue weighted by Crippen LogP contribution is -2.44. The predicted molar refractivity (Wildman–Crippen MR) is 77.2 cm³/mol. The fraction of sp³-hybridized carbons (Fsp3) is 0.615. The van der Waals surface area contributed by atoms with Crippen LogP contribution in [0.25, 0.3) is 0 Å². The van der Waals surface area contributed by atoms with E-state index in [4.69, 9.17) is 5.26 Å². The number of nitrogens with one attached hydrogen (secondary N) is 2. The van der Waals surface area contributed by atoms with Crippen molar-refractivity contribution < 1.29 is 13.2 Å². The molecule has 2 rings (SSSR count). The Morgan fingerprint density at radius 3 is 2.91 bits per heavy atom. The molecule has 22 heavy (non-hydrogen) atoms. The maximum absolute atomic E-state index is 12.5. The monoisotopic (exact) mass is 331 g/mol. The zero-order chi connectivity index (χ0) is 16.2. The van der Waals surface area contributed by atoms with Crippen LogP contribution < -0.4 is 10.6 Å². The van der Waals surface area contributed by atoms with Crippen molar-refractivity contribution in [2.75, 3.05) is 7.05 Å². The molecule has 1 aromatic heterocycles. The molecule has 0 bridgehead atoms. The van der Waals surface area contributed by atoms with E-state index in [2.05, 4.69) is 26.7 Å². The summed E-state index contributed by atoms with van der Waals surface area (Å²) in [4.78, 5) is 7.58. The maximum Gasteiger partial charge on any atom is 0.434 e. The number of hydrogen-bond acceptors (Lipinski definition) is 4. The highest BCUT2D eigenvalue weighted by atomic mass is 32.1. The number of nitrogens with zero attached hydrogens (tertiary/aromatic N) is 3. The molecular weight excluding hydrogens is 315 g/mol. The molecule has 2 N–H and O–H groups in total. The molecule has 2 atom stereocenters. The highest BCUT2D eigenvalue weighted by Gasteiger charge is 2.33. The SMILES string of the molecule is CN=C(NCc1nc(C(F)(F)F)cs1)NC1CCCC1C#N. The third kappa shape index (κ3) is 4.10. The van der Waals surface area contributed by atoms with Gasteiger partial charge in [0.2, 0.25) is 0 Å². The first-order chi connectivity index (χ1) is 10.4. The Morgan fingerprint density at radius 2 is 2.32 bits per heavy atom. The normalized spacial score (nSPS) is 22.4. The average molecular weight is 331 g/mol. The van der Waals surface area contributed by atoms with Crippen molar-refractivity contribution in [2.45, 2.75) is 38.0 Å². The zero-order valence-corrected chi connectivity index (χ0v) is 12.8. The van der Waals surface area contributed by atoms with E-state index < -0.39 is 11.9 Å². The first-order valence-corrected chi connectivity index (χ1v) is 7.70. The van der Waals surface area contributed by atoms with Gasteiger partial charge in [-0.1, -0.05) is 0 Å². The second kappa shape index (κ2) is 6.96. The van der Waals surface area contributed by atoms with Crippen LogP contribution in [0, 0.1) is 17.2 Å². The Bertz CT molecular complexity index is 575. The van der Waals surface area contributed by atoms with Gasteiger partial charge in [0.25, 0.3) is 0 Å². The number of aromatic nitrogens is 1. The number of halogens is 3. The summed E-state index contributed by atoms with van der Waals surface area (Å²) in [6, 6.07) is 2.28. The van der Waals surface area contributed by atoms with E-state index >= 15 is 0 Å². The Labute approximate surface area is 130 Å². The van der Waals surface area contributed by atoms with Gasteiger partial charge in [0.15, 0.2) is 11.7 Å². The predicted octanol–water partition coefficient (Wildman–Crippen LogP) is 2.52. The van der Waals surface area contributed by atoms with Crippen LogP contribution in [-0.2, 0) is 12.7 Å². The van der Waals surface area contributed by atoms with Crippen LogP contribution >= 0.6 is 11.3 Å². The van der Waals surface area contributed by atoms with Crippen LogP contribution in [0.1, 0.15) is 30.0 Å². The number of nitriles is 1. The van der Waals surface area contributed by atoms with Crippen LogP contribution in [0.3, 0.4) is 0 Å². The number of aliphatic imine (C=N–C) groups is 1. The molecule has 120 valence electrons. The standard InChI is InChI=1S/C13H16F3N5S/c1-18-12(20-9-4-2-3-8(9)5-17)19-6-11-21-10(7-22-11)13(14,15)16/h7-9H,2-4,6H2,1H3,(H2,18,19,20). The van der Waals surface area contributed by atoms with Gasteiger partial charge in [0, 0.05) is 18.5 Å². The van der Waals surface area contributed by atoms with Gasteiger partial charge in [0.1, 0.15) is 5.01 Å². The Hall–Kier alpha value is -1.82. The Balaban J connectivity index is 1.89. The van der Waals surface area contributed by atoms with E-state index in [1.165, 1.54) is 0 Å². The van der Waals surface area contributed by atoms with Gasteiger partial charge in [-0.2, -0.15) is 18.4 Å². The molecule has 1 saturated carbocycles. The second-order valence-corrected chi connectivity index (χ2v) is 5.91. The van der Waals surface area contributed by atoms with E-state index in [1.807, 2.05) is 0 Å². The van der Waals surface area contributed by atoms with Crippen LogP contribution in [-0.4, -0.2) is 24.0 Å². The average Bonchev–Trinajstić information content (AvgIpc) is 3.11. The quantitative estimate of drug-likeness (QED) is 0.659. The summed E-state index contributed by atoms with van der Waals surface area (Å²) in [7, 11) is 1.58. The fourth-order valence-electron chi connectivity index (χ4n) is 2.34. The molecule has 1 heterocycles. The van der Waals surface area contributed by atoms with Crippen molar-refractivity contribution in [3.05, 3.63) is 16.1 Å². The van der Waals surface area contributed by atoms with Crippen molar-refractivity contribution in [3.63, 3.8) is 0 Å². The second-order valence-electron chi connectivity index (χ2n) is 4.97.